The van der Waals surface area contributed by atoms with Crippen LogP contribution in [0.3, 0.4) is 0 Å². The van der Waals surface area contributed by atoms with Gasteiger partial charge in [0.05, 0.1) is 23.9 Å². The minimum Gasteiger partial charge on any atom is -0.497 e. The second kappa shape index (κ2) is 7.67. The monoisotopic (exact) mass is 383 g/mol. The molecule has 0 aliphatic carbocycles. The summed E-state index contributed by atoms with van der Waals surface area (Å²) in [6, 6.07) is 16.1. The molecule has 0 unspecified atom stereocenters. The van der Waals surface area contributed by atoms with Crippen LogP contribution in [0.25, 0.3) is 0 Å². The molecule has 7 heteroatoms. The van der Waals surface area contributed by atoms with Gasteiger partial charge in [-0.2, -0.15) is 0 Å². The molecule has 140 valence electrons. The largest absolute Gasteiger partial charge is 0.497 e. The minimum absolute atomic E-state index is 0.199. The van der Waals surface area contributed by atoms with Crippen LogP contribution in [0.5, 0.6) is 5.75 Å². The molecule has 0 amide bonds. The van der Waals surface area contributed by atoms with Crippen molar-refractivity contribution < 1.29 is 13.2 Å². The predicted molar refractivity (Wildman–Crippen MR) is 107 cm³/mol. The fourth-order valence-corrected chi connectivity index (χ4v) is 3.93. The Morgan fingerprint density at radius 3 is 2.41 bits per heavy atom. The third-order valence-corrected chi connectivity index (χ3v) is 5.52. The molecule has 0 bridgehead atoms. The molecule has 1 aromatic heterocycles. The topological polar surface area (TPSA) is 80.3 Å². The number of pyridine rings is 1. The van der Waals surface area contributed by atoms with Crippen molar-refractivity contribution in [3.8, 4) is 5.75 Å². The van der Waals surface area contributed by atoms with Gasteiger partial charge in [0.1, 0.15) is 11.6 Å². The summed E-state index contributed by atoms with van der Waals surface area (Å²) in [7, 11) is -2.17. The molecule has 0 saturated heterocycles. The third-order valence-electron chi connectivity index (χ3n) is 3.98. The van der Waals surface area contributed by atoms with Crippen molar-refractivity contribution in [2.45, 2.75) is 18.7 Å². The second-order valence-electron chi connectivity index (χ2n) is 6.16. The first-order valence-electron chi connectivity index (χ1n) is 8.34. The Labute approximate surface area is 159 Å². The normalized spacial score (nSPS) is 11.1. The lowest BCUT2D eigenvalue weighted by atomic mass is 10.2. The first kappa shape index (κ1) is 18.7. The van der Waals surface area contributed by atoms with Crippen LogP contribution in [0.4, 0.5) is 17.2 Å². The maximum atomic E-state index is 12.6. The van der Waals surface area contributed by atoms with Crippen LogP contribution >= 0.6 is 0 Å². The third kappa shape index (κ3) is 4.57. The number of aryl methyl sites for hydroxylation is 2. The Balaban J connectivity index is 1.75. The van der Waals surface area contributed by atoms with Gasteiger partial charge in [-0.3, -0.25) is 4.72 Å². The van der Waals surface area contributed by atoms with E-state index in [2.05, 4.69) is 15.0 Å². The molecule has 0 aliphatic heterocycles. The molecule has 2 aromatic carbocycles. The molecule has 0 atom stereocenters. The van der Waals surface area contributed by atoms with Gasteiger partial charge in [-0.15, -0.1) is 0 Å². The van der Waals surface area contributed by atoms with E-state index >= 15 is 0 Å². The number of aromatic nitrogens is 1. The standard InChI is InChI=1S/C20H21N3O3S/c1-14-5-4-6-16(11-14)22-20-10-7-17(13-21-20)23-27(24,25)19-9-8-18(26-3)12-15(19)2/h4-13,23H,1-3H3,(H,21,22). The first-order chi connectivity index (χ1) is 12.9. The van der Waals surface area contributed by atoms with E-state index < -0.39 is 10.0 Å². The van der Waals surface area contributed by atoms with Crippen molar-refractivity contribution in [1.29, 1.82) is 0 Å². The molecule has 27 heavy (non-hydrogen) atoms. The summed E-state index contributed by atoms with van der Waals surface area (Å²) in [6.45, 7) is 3.74. The van der Waals surface area contributed by atoms with Gasteiger partial charge in [-0.25, -0.2) is 13.4 Å². The van der Waals surface area contributed by atoms with Crippen LogP contribution in [0.2, 0.25) is 0 Å². The lowest BCUT2D eigenvalue weighted by Crippen LogP contribution is -2.14. The summed E-state index contributed by atoms with van der Waals surface area (Å²) in [4.78, 5) is 4.47. The average molecular weight is 383 g/mol. The molecule has 0 radical (unpaired) electrons. The number of hydrogen-bond acceptors (Lipinski definition) is 5. The van der Waals surface area contributed by atoms with E-state index in [4.69, 9.17) is 4.74 Å². The van der Waals surface area contributed by atoms with E-state index in [-0.39, 0.29) is 4.90 Å². The summed E-state index contributed by atoms with van der Waals surface area (Å²) in [6.07, 6.45) is 1.48. The van der Waals surface area contributed by atoms with Crippen LogP contribution < -0.4 is 14.8 Å². The minimum atomic E-state index is -3.71. The van der Waals surface area contributed by atoms with Crippen LogP contribution in [0.15, 0.2) is 65.7 Å². The summed E-state index contributed by atoms with van der Waals surface area (Å²) >= 11 is 0. The Kier molecular flexibility index (Phi) is 5.32. The van der Waals surface area contributed by atoms with Crippen LogP contribution in [0.1, 0.15) is 11.1 Å². The van der Waals surface area contributed by atoms with Crippen LogP contribution in [-0.4, -0.2) is 20.5 Å². The Morgan fingerprint density at radius 2 is 1.78 bits per heavy atom. The molecule has 0 fully saturated rings. The lowest BCUT2D eigenvalue weighted by molar-refractivity contribution is 0.414. The van der Waals surface area contributed by atoms with Crippen molar-refractivity contribution in [3.63, 3.8) is 0 Å². The van der Waals surface area contributed by atoms with E-state index in [0.29, 0.717) is 22.8 Å². The summed E-state index contributed by atoms with van der Waals surface area (Å²) < 4.78 is 33.0. The average Bonchev–Trinajstić information content (AvgIpc) is 2.63. The highest BCUT2D eigenvalue weighted by Crippen LogP contribution is 2.24. The van der Waals surface area contributed by atoms with Gasteiger partial charge in [-0.05, 0) is 67.4 Å². The van der Waals surface area contributed by atoms with E-state index in [9.17, 15) is 8.42 Å². The van der Waals surface area contributed by atoms with Crippen molar-refractivity contribution >= 4 is 27.2 Å². The van der Waals surface area contributed by atoms with Gasteiger partial charge in [0.15, 0.2) is 0 Å². The molecular weight excluding hydrogens is 362 g/mol. The zero-order chi connectivity index (χ0) is 19.4. The zero-order valence-corrected chi connectivity index (χ0v) is 16.2. The van der Waals surface area contributed by atoms with Gasteiger partial charge >= 0.3 is 0 Å². The number of rotatable bonds is 6. The molecule has 1 heterocycles. The van der Waals surface area contributed by atoms with Crippen LogP contribution in [-0.2, 0) is 10.0 Å². The van der Waals surface area contributed by atoms with Crippen molar-refractivity contribution in [2.24, 2.45) is 0 Å². The molecule has 0 aliphatic rings. The SMILES string of the molecule is COc1ccc(S(=O)(=O)Nc2ccc(Nc3cccc(C)c3)nc2)c(C)c1. The van der Waals surface area contributed by atoms with E-state index in [1.165, 1.54) is 12.3 Å². The van der Waals surface area contributed by atoms with E-state index in [1.807, 2.05) is 31.2 Å². The summed E-state index contributed by atoms with van der Waals surface area (Å²) in [5, 5.41) is 3.19. The molecule has 3 aromatic rings. The summed E-state index contributed by atoms with van der Waals surface area (Å²) in [5.41, 5.74) is 3.05. The smallest absolute Gasteiger partial charge is 0.262 e. The number of ether oxygens (including phenoxy) is 1. The van der Waals surface area contributed by atoms with Gasteiger partial charge in [0.2, 0.25) is 0 Å². The van der Waals surface area contributed by atoms with Gasteiger partial charge in [0, 0.05) is 5.69 Å². The molecule has 0 spiro atoms. The number of nitrogens with zero attached hydrogens (tertiary/aromatic N) is 1. The number of methoxy groups -OCH3 is 1. The zero-order valence-electron chi connectivity index (χ0n) is 15.4. The summed E-state index contributed by atoms with van der Waals surface area (Å²) in [5.74, 6) is 1.24. The maximum absolute atomic E-state index is 12.6. The maximum Gasteiger partial charge on any atom is 0.262 e. The number of anilines is 3. The van der Waals surface area contributed by atoms with Gasteiger partial charge in [-0.1, -0.05) is 12.1 Å². The molecule has 2 N–H and O–H groups in total. The molecule has 3 rings (SSSR count). The highest BCUT2D eigenvalue weighted by atomic mass is 32.2. The van der Waals surface area contributed by atoms with Crippen LogP contribution in [0, 0.1) is 13.8 Å². The number of nitrogens with one attached hydrogen (secondary N) is 2. The van der Waals surface area contributed by atoms with Crippen molar-refractivity contribution in [3.05, 3.63) is 71.9 Å². The fourth-order valence-electron chi connectivity index (χ4n) is 2.66. The first-order valence-corrected chi connectivity index (χ1v) is 9.83. The predicted octanol–water partition coefficient (Wildman–Crippen LogP) is 4.25. The quantitative estimate of drug-likeness (QED) is 0.665. The molecular formula is C20H21N3O3S. The van der Waals surface area contributed by atoms with E-state index in [0.717, 1.165) is 11.3 Å². The van der Waals surface area contributed by atoms with Crippen molar-refractivity contribution in [2.75, 3.05) is 17.1 Å². The highest BCUT2D eigenvalue weighted by Gasteiger charge is 2.17. The number of sulfonamides is 1. The van der Waals surface area contributed by atoms with Crippen molar-refractivity contribution in [1.82, 2.24) is 4.98 Å². The van der Waals surface area contributed by atoms with Gasteiger partial charge < -0.3 is 10.1 Å². The number of hydrogen-bond donors (Lipinski definition) is 2. The molecule has 6 nitrogen and oxygen atoms in total. The fraction of sp³-hybridized carbons (Fsp3) is 0.150. The van der Waals surface area contributed by atoms with E-state index in [1.54, 1.807) is 38.3 Å². The Bertz CT molecular complexity index is 1050. The number of benzene rings is 2. The highest BCUT2D eigenvalue weighted by molar-refractivity contribution is 7.92. The Morgan fingerprint density at radius 1 is 0.963 bits per heavy atom. The lowest BCUT2D eigenvalue weighted by Gasteiger charge is -2.12. The Hall–Kier alpha value is -3.06. The van der Waals surface area contributed by atoms with Gasteiger partial charge in [0.25, 0.3) is 10.0 Å². The molecule has 0 saturated carbocycles. The second-order valence-corrected chi connectivity index (χ2v) is 7.81.